The van der Waals surface area contributed by atoms with E-state index in [9.17, 15) is 9.18 Å². The SMILES string of the molecule is COC(=O)c1ccnc(F)c1C#N. The van der Waals surface area contributed by atoms with Crippen molar-refractivity contribution in [3.63, 3.8) is 0 Å². The fourth-order valence-corrected chi connectivity index (χ4v) is 0.823. The zero-order chi connectivity index (χ0) is 9.84. The number of aromatic nitrogens is 1. The standard InChI is InChI=1S/C8H5FN2O2/c1-13-8(12)5-2-3-11-7(9)6(5)4-10/h2-3H,1H3. The molecule has 0 spiro atoms. The summed E-state index contributed by atoms with van der Waals surface area (Å²) in [4.78, 5) is 14.2. The zero-order valence-electron chi connectivity index (χ0n) is 6.74. The van der Waals surface area contributed by atoms with E-state index in [0.717, 1.165) is 13.3 Å². The van der Waals surface area contributed by atoms with Gasteiger partial charge in [-0.1, -0.05) is 0 Å². The summed E-state index contributed by atoms with van der Waals surface area (Å²) in [5.74, 6) is -1.72. The number of carbonyl (C=O) groups excluding carboxylic acids is 1. The Morgan fingerprint density at radius 2 is 2.46 bits per heavy atom. The Morgan fingerprint density at radius 1 is 1.77 bits per heavy atom. The molecule has 0 amide bonds. The molecule has 0 aliphatic carbocycles. The fraction of sp³-hybridized carbons (Fsp3) is 0.125. The molecule has 0 atom stereocenters. The lowest BCUT2D eigenvalue weighted by atomic mass is 10.1. The first-order valence-corrected chi connectivity index (χ1v) is 3.33. The molecular formula is C8H5FN2O2. The first-order valence-electron chi connectivity index (χ1n) is 3.33. The second kappa shape index (κ2) is 3.63. The fourth-order valence-electron chi connectivity index (χ4n) is 0.823. The van der Waals surface area contributed by atoms with Gasteiger partial charge in [-0.2, -0.15) is 9.65 Å². The first kappa shape index (κ1) is 9.13. The second-order valence-electron chi connectivity index (χ2n) is 2.13. The highest BCUT2D eigenvalue weighted by molar-refractivity contribution is 5.91. The molecule has 4 nitrogen and oxygen atoms in total. The summed E-state index contributed by atoms with van der Waals surface area (Å²) in [5.41, 5.74) is -0.508. The molecule has 1 aromatic heterocycles. The van der Waals surface area contributed by atoms with E-state index in [4.69, 9.17) is 5.26 Å². The minimum Gasteiger partial charge on any atom is -0.465 e. The van der Waals surface area contributed by atoms with Gasteiger partial charge in [0.05, 0.1) is 12.7 Å². The van der Waals surface area contributed by atoms with Gasteiger partial charge in [-0.15, -0.1) is 0 Å². The molecule has 0 saturated carbocycles. The minimum atomic E-state index is -0.967. The van der Waals surface area contributed by atoms with Crippen molar-refractivity contribution in [2.75, 3.05) is 7.11 Å². The van der Waals surface area contributed by atoms with Crippen molar-refractivity contribution in [3.8, 4) is 6.07 Å². The molecule has 0 aliphatic heterocycles. The van der Waals surface area contributed by atoms with Crippen LogP contribution in [0.25, 0.3) is 0 Å². The van der Waals surface area contributed by atoms with E-state index >= 15 is 0 Å². The van der Waals surface area contributed by atoms with E-state index in [0.29, 0.717) is 0 Å². The molecule has 0 saturated heterocycles. The van der Waals surface area contributed by atoms with Gasteiger partial charge in [0.25, 0.3) is 0 Å². The number of carbonyl (C=O) groups is 1. The Labute approximate surface area is 73.6 Å². The highest BCUT2D eigenvalue weighted by Gasteiger charge is 2.15. The average Bonchev–Trinajstić information content (AvgIpc) is 2.16. The number of hydrogen-bond donors (Lipinski definition) is 0. The first-order chi connectivity index (χ1) is 6.20. The molecule has 0 fully saturated rings. The van der Waals surface area contributed by atoms with Crippen LogP contribution in [0.4, 0.5) is 4.39 Å². The highest BCUT2D eigenvalue weighted by atomic mass is 19.1. The molecule has 1 heterocycles. The molecule has 5 heteroatoms. The number of hydrogen-bond acceptors (Lipinski definition) is 4. The summed E-state index contributed by atoms with van der Waals surface area (Å²) in [6.07, 6.45) is 1.10. The number of rotatable bonds is 1. The summed E-state index contributed by atoms with van der Waals surface area (Å²) < 4.78 is 17.2. The predicted molar refractivity (Wildman–Crippen MR) is 40.2 cm³/mol. The largest absolute Gasteiger partial charge is 0.465 e. The topological polar surface area (TPSA) is 63.0 Å². The Morgan fingerprint density at radius 3 is 3.00 bits per heavy atom. The zero-order valence-corrected chi connectivity index (χ0v) is 6.74. The molecule has 13 heavy (non-hydrogen) atoms. The average molecular weight is 180 g/mol. The van der Waals surface area contributed by atoms with Crippen LogP contribution in [0.1, 0.15) is 15.9 Å². The van der Waals surface area contributed by atoms with Gasteiger partial charge >= 0.3 is 5.97 Å². The van der Waals surface area contributed by atoms with Crippen LogP contribution in [0.3, 0.4) is 0 Å². The van der Waals surface area contributed by atoms with Gasteiger partial charge in [0.1, 0.15) is 11.6 Å². The highest BCUT2D eigenvalue weighted by Crippen LogP contribution is 2.10. The molecule has 0 bridgehead atoms. The van der Waals surface area contributed by atoms with Crippen molar-refractivity contribution in [1.82, 2.24) is 4.98 Å². The van der Waals surface area contributed by atoms with Crippen molar-refractivity contribution in [3.05, 3.63) is 29.3 Å². The van der Waals surface area contributed by atoms with E-state index < -0.39 is 17.5 Å². The van der Waals surface area contributed by atoms with Gasteiger partial charge in [0.15, 0.2) is 0 Å². The third-order valence-electron chi connectivity index (χ3n) is 1.42. The monoisotopic (exact) mass is 180 g/mol. The molecule has 0 aliphatic rings. The van der Waals surface area contributed by atoms with Crippen molar-refractivity contribution in [2.24, 2.45) is 0 Å². The minimum absolute atomic E-state index is 0.113. The maximum absolute atomic E-state index is 12.8. The number of methoxy groups -OCH3 is 1. The van der Waals surface area contributed by atoms with Crippen LogP contribution in [0.2, 0.25) is 0 Å². The molecule has 66 valence electrons. The van der Waals surface area contributed by atoms with E-state index in [2.05, 4.69) is 9.72 Å². The lowest BCUT2D eigenvalue weighted by molar-refractivity contribution is 0.0599. The Kier molecular flexibility index (Phi) is 2.55. The molecule has 1 aromatic rings. The van der Waals surface area contributed by atoms with E-state index in [1.54, 1.807) is 6.07 Å². The van der Waals surface area contributed by atoms with Crippen molar-refractivity contribution >= 4 is 5.97 Å². The third-order valence-corrected chi connectivity index (χ3v) is 1.42. The predicted octanol–water partition coefficient (Wildman–Crippen LogP) is 0.879. The molecule has 0 unspecified atom stereocenters. The Balaban J connectivity index is 3.30. The van der Waals surface area contributed by atoms with Crippen LogP contribution in [-0.4, -0.2) is 18.1 Å². The third kappa shape index (κ3) is 1.62. The quantitative estimate of drug-likeness (QED) is 0.475. The van der Waals surface area contributed by atoms with Crippen LogP contribution in [0, 0.1) is 17.3 Å². The summed E-state index contributed by atoms with van der Waals surface area (Å²) in [7, 11) is 1.15. The van der Waals surface area contributed by atoms with Crippen LogP contribution in [0.15, 0.2) is 12.3 Å². The summed E-state index contributed by atoms with van der Waals surface area (Å²) in [6, 6.07) is 2.77. The number of pyridine rings is 1. The molecular weight excluding hydrogens is 175 g/mol. The number of halogens is 1. The van der Waals surface area contributed by atoms with Crippen molar-refractivity contribution in [2.45, 2.75) is 0 Å². The molecule has 0 aromatic carbocycles. The van der Waals surface area contributed by atoms with Gasteiger partial charge in [-0.3, -0.25) is 0 Å². The number of ether oxygens (including phenoxy) is 1. The second-order valence-corrected chi connectivity index (χ2v) is 2.13. The number of nitrogens with zero attached hydrogens (tertiary/aromatic N) is 2. The van der Waals surface area contributed by atoms with Gasteiger partial charge < -0.3 is 4.74 Å². The maximum atomic E-state index is 12.8. The van der Waals surface area contributed by atoms with E-state index in [-0.39, 0.29) is 5.56 Å². The normalized spacial score (nSPS) is 9.00. The molecule has 0 radical (unpaired) electrons. The van der Waals surface area contributed by atoms with Crippen molar-refractivity contribution in [1.29, 1.82) is 5.26 Å². The van der Waals surface area contributed by atoms with Gasteiger partial charge in [0, 0.05) is 6.20 Å². The summed E-state index contributed by atoms with van der Waals surface area (Å²) in [6.45, 7) is 0. The smallest absolute Gasteiger partial charge is 0.339 e. The molecule has 1 rings (SSSR count). The lowest BCUT2D eigenvalue weighted by Gasteiger charge is -2.00. The van der Waals surface area contributed by atoms with E-state index in [1.165, 1.54) is 6.07 Å². The molecule has 0 N–H and O–H groups in total. The van der Waals surface area contributed by atoms with Gasteiger partial charge in [-0.05, 0) is 6.07 Å². The summed E-state index contributed by atoms with van der Waals surface area (Å²) >= 11 is 0. The maximum Gasteiger partial charge on any atom is 0.339 e. The van der Waals surface area contributed by atoms with E-state index in [1.807, 2.05) is 0 Å². The van der Waals surface area contributed by atoms with Crippen molar-refractivity contribution < 1.29 is 13.9 Å². The Hall–Kier alpha value is -1.96. The van der Waals surface area contributed by atoms with Gasteiger partial charge in [0.2, 0.25) is 5.95 Å². The summed E-state index contributed by atoms with van der Waals surface area (Å²) in [5, 5.41) is 8.51. The number of nitriles is 1. The van der Waals surface area contributed by atoms with Crippen LogP contribution >= 0.6 is 0 Å². The van der Waals surface area contributed by atoms with Gasteiger partial charge in [-0.25, -0.2) is 9.78 Å². The lowest BCUT2D eigenvalue weighted by Crippen LogP contribution is -2.06. The van der Waals surface area contributed by atoms with Crippen LogP contribution in [0.5, 0.6) is 0 Å². The van der Waals surface area contributed by atoms with Crippen LogP contribution < -0.4 is 0 Å². The number of esters is 1. The van der Waals surface area contributed by atoms with Crippen LogP contribution in [-0.2, 0) is 4.74 Å². The Bertz CT molecular complexity index is 384.